The highest BCUT2D eigenvalue weighted by atomic mass is 32.2. The zero-order chi connectivity index (χ0) is 21.8. The minimum atomic E-state index is -3.90. The van der Waals surface area contributed by atoms with E-state index in [1.807, 2.05) is 0 Å². The molecule has 0 spiro atoms. The molecule has 0 saturated heterocycles. The summed E-state index contributed by atoms with van der Waals surface area (Å²) in [5.41, 5.74) is 0.0369. The number of hydrogen-bond acceptors (Lipinski definition) is 6. The molecule has 2 rings (SSSR count). The van der Waals surface area contributed by atoms with Gasteiger partial charge in [0.2, 0.25) is 0 Å². The molecule has 0 radical (unpaired) electrons. The van der Waals surface area contributed by atoms with Crippen molar-refractivity contribution in [3.05, 3.63) is 29.8 Å². The predicted molar refractivity (Wildman–Crippen MR) is 107 cm³/mol. The van der Waals surface area contributed by atoms with E-state index in [1.165, 1.54) is 45.3 Å². The van der Waals surface area contributed by atoms with Gasteiger partial charge in [0, 0.05) is 13.1 Å². The second kappa shape index (κ2) is 9.69. The van der Waals surface area contributed by atoms with Crippen LogP contribution in [-0.4, -0.2) is 51.1 Å². The zero-order valence-corrected chi connectivity index (χ0v) is 18.4. The first kappa shape index (κ1) is 23.3. The fourth-order valence-electron chi connectivity index (χ4n) is 3.40. The van der Waals surface area contributed by atoms with Gasteiger partial charge in [0.1, 0.15) is 0 Å². The molecule has 29 heavy (non-hydrogen) atoms. The highest BCUT2D eigenvalue weighted by molar-refractivity contribution is 7.89. The van der Waals surface area contributed by atoms with E-state index in [9.17, 15) is 18.0 Å². The first-order valence-corrected chi connectivity index (χ1v) is 11.2. The molecule has 1 aliphatic rings. The molecule has 1 aromatic carbocycles. The van der Waals surface area contributed by atoms with Crippen molar-refractivity contribution in [1.29, 1.82) is 0 Å². The molecule has 0 aromatic heterocycles. The second-order valence-corrected chi connectivity index (χ2v) is 9.49. The zero-order valence-electron chi connectivity index (χ0n) is 17.5. The first-order chi connectivity index (χ1) is 13.6. The Kier molecular flexibility index (Phi) is 7.79. The topological polar surface area (TPSA) is 102 Å². The number of sulfonamides is 1. The number of hydroxylamine groups is 1. The Morgan fingerprint density at radius 2 is 1.93 bits per heavy atom. The summed E-state index contributed by atoms with van der Waals surface area (Å²) in [5, 5.41) is 2.98. The van der Waals surface area contributed by atoms with Gasteiger partial charge in [-0.2, -0.15) is 0 Å². The summed E-state index contributed by atoms with van der Waals surface area (Å²) in [7, 11) is -1.42. The third-order valence-corrected chi connectivity index (χ3v) is 7.33. The molecule has 1 fully saturated rings. The van der Waals surface area contributed by atoms with Gasteiger partial charge in [0.05, 0.1) is 17.6 Å². The van der Waals surface area contributed by atoms with Crippen LogP contribution in [0.1, 0.15) is 50.4 Å². The van der Waals surface area contributed by atoms with E-state index in [-0.39, 0.29) is 22.4 Å². The highest BCUT2D eigenvalue weighted by Gasteiger charge is 2.30. The Balaban J connectivity index is 2.04. The van der Waals surface area contributed by atoms with E-state index in [1.54, 1.807) is 0 Å². The lowest BCUT2D eigenvalue weighted by atomic mass is 9.78. The van der Waals surface area contributed by atoms with Crippen LogP contribution in [0, 0.1) is 11.8 Å². The first-order valence-electron chi connectivity index (χ1n) is 9.72. The fraction of sp³-hybridized carbons (Fsp3) is 0.600. The molecule has 9 heteroatoms. The number of carbonyl (C=O) groups is 2. The molecule has 1 aliphatic carbocycles. The fourth-order valence-corrected chi connectivity index (χ4v) is 4.42. The van der Waals surface area contributed by atoms with Gasteiger partial charge in [-0.3, -0.25) is 9.63 Å². The van der Waals surface area contributed by atoms with Crippen LogP contribution in [0.2, 0.25) is 0 Å². The number of nitrogens with zero attached hydrogens (tertiary/aromatic N) is 1. The van der Waals surface area contributed by atoms with Crippen LogP contribution in [0.3, 0.4) is 0 Å². The van der Waals surface area contributed by atoms with Crippen LogP contribution in [0.15, 0.2) is 29.2 Å². The molecule has 0 heterocycles. The Hall–Kier alpha value is -1.97. The molecule has 0 unspecified atom stereocenters. The monoisotopic (exact) mass is 426 g/mol. The molecule has 1 saturated carbocycles. The average Bonchev–Trinajstić information content (AvgIpc) is 2.70. The Bertz CT molecular complexity index is 841. The van der Waals surface area contributed by atoms with Crippen LogP contribution in [-0.2, 0) is 24.4 Å². The van der Waals surface area contributed by atoms with Crippen molar-refractivity contribution in [3.8, 4) is 0 Å². The van der Waals surface area contributed by atoms with E-state index >= 15 is 0 Å². The maximum absolute atomic E-state index is 12.5. The van der Waals surface area contributed by atoms with E-state index < -0.39 is 22.1 Å². The molecular weight excluding hydrogens is 396 g/mol. The second-order valence-electron chi connectivity index (χ2n) is 7.56. The maximum atomic E-state index is 12.5. The van der Waals surface area contributed by atoms with Crippen molar-refractivity contribution in [2.45, 2.75) is 57.1 Å². The van der Waals surface area contributed by atoms with Gasteiger partial charge in [0.15, 0.2) is 6.10 Å². The smallest absolute Gasteiger partial charge is 0.338 e. The Morgan fingerprint density at radius 3 is 2.59 bits per heavy atom. The van der Waals surface area contributed by atoms with Gasteiger partial charge in [-0.25, -0.2) is 13.2 Å². The number of esters is 1. The van der Waals surface area contributed by atoms with E-state index in [0.29, 0.717) is 16.3 Å². The van der Waals surface area contributed by atoms with Crippen molar-refractivity contribution < 1.29 is 27.6 Å². The number of rotatable bonds is 7. The predicted octanol–water partition coefficient (Wildman–Crippen LogP) is 2.35. The molecule has 162 valence electrons. The lowest BCUT2D eigenvalue weighted by Gasteiger charge is -2.35. The van der Waals surface area contributed by atoms with Crippen LogP contribution < -0.4 is 5.32 Å². The number of nitrogens with one attached hydrogen (secondary N) is 1. The third kappa shape index (κ3) is 5.55. The normalized spacial score (nSPS) is 23.4. The number of benzene rings is 1. The molecule has 0 bridgehead atoms. The maximum Gasteiger partial charge on any atom is 0.338 e. The number of amides is 1. The van der Waals surface area contributed by atoms with Crippen LogP contribution in [0.4, 0.5) is 0 Å². The van der Waals surface area contributed by atoms with Gasteiger partial charge < -0.3 is 10.1 Å². The quantitative estimate of drug-likeness (QED) is 0.530. The average molecular weight is 427 g/mol. The highest BCUT2D eigenvalue weighted by Crippen LogP contribution is 2.29. The number of ether oxygens (including phenoxy) is 1. The Morgan fingerprint density at radius 1 is 1.24 bits per heavy atom. The summed E-state index contributed by atoms with van der Waals surface area (Å²) in [6.45, 7) is 5.80. The van der Waals surface area contributed by atoms with Crippen LogP contribution >= 0.6 is 0 Å². The molecule has 1 aromatic rings. The summed E-state index contributed by atoms with van der Waals surface area (Å²) in [4.78, 5) is 29.5. The number of hydrogen-bond donors (Lipinski definition) is 1. The lowest BCUT2D eigenvalue weighted by molar-refractivity contribution is -0.130. The molecule has 0 aliphatic heterocycles. The van der Waals surface area contributed by atoms with Crippen molar-refractivity contribution in [3.63, 3.8) is 0 Å². The van der Waals surface area contributed by atoms with Gasteiger partial charge in [0.25, 0.3) is 15.9 Å². The van der Waals surface area contributed by atoms with Crippen molar-refractivity contribution in [2.24, 2.45) is 11.8 Å². The van der Waals surface area contributed by atoms with Crippen LogP contribution in [0.25, 0.3) is 0 Å². The van der Waals surface area contributed by atoms with Gasteiger partial charge in [-0.15, -0.1) is 0 Å². The van der Waals surface area contributed by atoms with Crippen molar-refractivity contribution in [2.75, 3.05) is 14.2 Å². The minimum Gasteiger partial charge on any atom is -0.449 e. The van der Waals surface area contributed by atoms with E-state index in [0.717, 1.165) is 19.3 Å². The summed E-state index contributed by atoms with van der Waals surface area (Å²) >= 11 is 0. The summed E-state index contributed by atoms with van der Waals surface area (Å²) in [6, 6.07) is 5.48. The third-order valence-electron chi connectivity index (χ3n) is 5.65. The summed E-state index contributed by atoms with van der Waals surface area (Å²) < 4.78 is 30.6. The SMILES string of the molecule is CON(C)S(=O)(=O)c1cccc(C(=O)O[C@H](C)C(=O)N[C@@H]2CCC[C@H](C)[C@H]2C)c1. The standard InChI is InChI=1S/C20H30N2O6S/c1-13-8-6-11-18(14(13)2)21-19(23)15(3)28-20(24)16-9-7-10-17(12-16)29(25,26)22(4)27-5/h7,9-10,12-15,18H,6,8,11H2,1-5H3,(H,21,23)/t13-,14+,15+,18+/m0/s1. The van der Waals surface area contributed by atoms with Crippen molar-refractivity contribution >= 4 is 21.9 Å². The van der Waals surface area contributed by atoms with E-state index in [2.05, 4.69) is 19.2 Å². The van der Waals surface area contributed by atoms with E-state index in [4.69, 9.17) is 9.57 Å². The largest absolute Gasteiger partial charge is 0.449 e. The minimum absolute atomic E-state index is 0.0369. The van der Waals surface area contributed by atoms with Gasteiger partial charge in [-0.05, 0) is 43.4 Å². The summed E-state index contributed by atoms with van der Waals surface area (Å²) in [5.74, 6) is -0.237. The van der Waals surface area contributed by atoms with Gasteiger partial charge in [-0.1, -0.05) is 37.2 Å². The molecular formula is C20H30N2O6S. The summed E-state index contributed by atoms with van der Waals surface area (Å²) in [6.07, 6.45) is 2.12. The molecule has 1 amide bonds. The van der Waals surface area contributed by atoms with Gasteiger partial charge >= 0.3 is 5.97 Å². The molecule has 8 nitrogen and oxygen atoms in total. The van der Waals surface area contributed by atoms with Crippen LogP contribution in [0.5, 0.6) is 0 Å². The molecule has 1 N–H and O–H groups in total. The Labute approximate surface area is 172 Å². The lowest BCUT2D eigenvalue weighted by Crippen LogP contribution is -2.47. The number of carbonyl (C=O) groups excluding carboxylic acids is 2. The van der Waals surface area contributed by atoms with Crippen molar-refractivity contribution in [1.82, 2.24) is 9.79 Å². The molecule has 4 atom stereocenters.